The minimum atomic E-state index is -0.481. The Morgan fingerprint density at radius 3 is 2.52 bits per heavy atom. The van der Waals surface area contributed by atoms with E-state index in [1.807, 2.05) is 54.6 Å². The Balaban J connectivity index is 1.34. The van der Waals surface area contributed by atoms with E-state index >= 15 is 0 Å². The van der Waals surface area contributed by atoms with E-state index in [0.717, 1.165) is 40.7 Å². The number of benzene rings is 2. The molecule has 0 aliphatic rings. The van der Waals surface area contributed by atoms with Gasteiger partial charge in [-0.3, -0.25) is 4.98 Å². The molecule has 2 aromatic carbocycles. The van der Waals surface area contributed by atoms with Gasteiger partial charge in [-0.1, -0.05) is 36.4 Å². The molecule has 0 radical (unpaired) electrons. The highest BCUT2D eigenvalue weighted by Crippen LogP contribution is 2.28. The van der Waals surface area contributed by atoms with Gasteiger partial charge in [-0.15, -0.1) is 0 Å². The van der Waals surface area contributed by atoms with Crippen molar-refractivity contribution in [3.05, 3.63) is 66.4 Å². The highest BCUT2D eigenvalue weighted by Gasteiger charge is 2.09. The maximum Gasteiger partial charge on any atom is 0.333 e. The fourth-order valence-corrected chi connectivity index (χ4v) is 3.32. The summed E-state index contributed by atoms with van der Waals surface area (Å²) in [5.41, 5.74) is 7.42. The van der Waals surface area contributed by atoms with Crippen LogP contribution in [-0.4, -0.2) is 36.7 Å². The molecule has 0 bridgehead atoms. The van der Waals surface area contributed by atoms with Crippen molar-refractivity contribution < 1.29 is 14.3 Å². The molecule has 0 aliphatic heterocycles. The largest absolute Gasteiger partial charge is 0.497 e. The van der Waals surface area contributed by atoms with Crippen LogP contribution in [0.15, 0.2) is 60.8 Å². The molecule has 9 heteroatoms. The summed E-state index contributed by atoms with van der Waals surface area (Å²) in [4.78, 5) is 28.1. The minimum absolute atomic E-state index is 0.161. The average Bonchev–Trinajstić information content (AvgIpc) is 2.84. The second-order valence-electron chi connectivity index (χ2n) is 7.61. The highest BCUT2D eigenvalue weighted by atomic mass is 16.5. The maximum atomic E-state index is 11.9. The number of pyridine rings is 1. The monoisotopic (exact) mass is 450 g/mol. The van der Waals surface area contributed by atoms with Crippen molar-refractivity contribution >= 4 is 28.7 Å². The van der Waals surface area contributed by atoms with Crippen molar-refractivity contribution in [3.8, 4) is 5.75 Å². The van der Waals surface area contributed by atoms with Gasteiger partial charge in [-0.05, 0) is 37.5 Å². The summed E-state index contributed by atoms with van der Waals surface area (Å²) in [6, 6.07) is 16.5. The van der Waals surface area contributed by atoms with E-state index < -0.39 is 12.1 Å². The van der Waals surface area contributed by atoms with Gasteiger partial charge in [-0.25, -0.2) is 20.4 Å². The molecule has 0 saturated carbocycles. The highest BCUT2D eigenvalue weighted by molar-refractivity contribution is 5.91. The van der Waals surface area contributed by atoms with Gasteiger partial charge < -0.3 is 20.7 Å². The first-order valence-electron chi connectivity index (χ1n) is 10.9. The number of aromatic nitrogens is 1. The summed E-state index contributed by atoms with van der Waals surface area (Å²) in [6.45, 7) is 2.92. The van der Waals surface area contributed by atoms with Crippen molar-refractivity contribution in [3.63, 3.8) is 0 Å². The maximum absolute atomic E-state index is 11.9. The van der Waals surface area contributed by atoms with Gasteiger partial charge in [0.2, 0.25) is 0 Å². The summed E-state index contributed by atoms with van der Waals surface area (Å²) in [6.07, 6.45) is 3.36. The molecule has 1 atom stereocenters. The van der Waals surface area contributed by atoms with Gasteiger partial charge in [0, 0.05) is 36.8 Å². The number of hydrazine groups is 1. The number of anilines is 1. The third kappa shape index (κ3) is 7.57. The third-order valence-corrected chi connectivity index (χ3v) is 5.00. The van der Waals surface area contributed by atoms with Crippen LogP contribution in [-0.2, 0) is 6.54 Å². The Morgan fingerprint density at radius 2 is 1.76 bits per heavy atom. The molecule has 0 spiro atoms. The van der Waals surface area contributed by atoms with Gasteiger partial charge in [0.05, 0.1) is 18.3 Å². The van der Waals surface area contributed by atoms with E-state index in [4.69, 9.17) is 4.74 Å². The number of fused-ring (bicyclic) bond motifs is 1. The van der Waals surface area contributed by atoms with Crippen LogP contribution in [0.1, 0.15) is 25.3 Å². The molecule has 4 amide bonds. The number of nitrogens with one attached hydrogen (secondary N) is 5. The molecule has 3 aromatic rings. The zero-order valence-electron chi connectivity index (χ0n) is 18.9. The summed E-state index contributed by atoms with van der Waals surface area (Å²) in [5.74, 6) is 0.767. The van der Waals surface area contributed by atoms with E-state index in [1.165, 1.54) is 0 Å². The molecule has 0 fully saturated rings. The molecule has 174 valence electrons. The van der Waals surface area contributed by atoms with Crippen LogP contribution in [0.2, 0.25) is 0 Å². The zero-order valence-corrected chi connectivity index (χ0v) is 18.9. The Labute approximate surface area is 193 Å². The second kappa shape index (κ2) is 12.1. The number of nitrogens with zero attached hydrogens (tertiary/aromatic N) is 1. The van der Waals surface area contributed by atoms with Crippen LogP contribution >= 0.6 is 0 Å². The lowest BCUT2D eigenvalue weighted by Crippen LogP contribution is -2.50. The molecule has 9 nitrogen and oxygen atoms in total. The molecule has 1 unspecified atom stereocenters. The predicted molar refractivity (Wildman–Crippen MR) is 129 cm³/mol. The molecule has 3 rings (SSSR count). The van der Waals surface area contributed by atoms with Crippen LogP contribution in [0.25, 0.3) is 10.9 Å². The number of urea groups is 2. The lowest BCUT2D eigenvalue weighted by molar-refractivity contribution is 0.224. The summed E-state index contributed by atoms with van der Waals surface area (Å²) < 4.78 is 5.39. The van der Waals surface area contributed by atoms with Crippen molar-refractivity contribution in [1.82, 2.24) is 26.5 Å². The normalized spacial score (nSPS) is 11.3. The topological polar surface area (TPSA) is 116 Å². The van der Waals surface area contributed by atoms with E-state index in [-0.39, 0.29) is 6.04 Å². The van der Waals surface area contributed by atoms with Crippen LogP contribution in [0.5, 0.6) is 5.75 Å². The van der Waals surface area contributed by atoms with Crippen molar-refractivity contribution in [2.75, 3.05) is 19.0 Å². The van der Waals surface area contributed by atoms with E-state index in [0.29, 0.717) is 13.1 Å². The first kappa shape index (κ1) is 23.6. The predicted octanol–water partition coefficient (Wildman–Crippen LogP) is 3.54. The molecule has 33 heavy (non-hydrogen) atoms. The SMILES string of the molecule is COc1cc(NC(C)CCCNC(=O)NNC(=O)NCc2ccccc2)c2ncccc2c1. The fourth-order valence-electron chi connectivity index (χ4n) is 3.32. The number of amides is 4. The van der Waals surface area contributed by atoms with E-state index in [1.54, 1.807) is 13.3 Å². The number of methoxy groups -OCH3 is 1. The zero-order chi connectivity index (χ0) is 23.5. The molecule has 1 heterocycles. The number of ether oxygens (including phenoxy) is 1. The molecule has 0 saturated heterocycles. The fraction of sp³-hybridized carbons (Fsp3) is 0.292. The third-order valence-electron chi connectivity index (χ3n) is 5.00. The number of rotatable bonds is 9. The molecule has 5 N–H and O–H groups in total. The summed E-state index contributed by atoms with van der Waals surface area (Å²) >= 11 is 0. The van der Waals surface area contributed by atoms with Gasteiger partial charge in [0.1, 0.15) is 5.75 Å². The van der Waals surface area contributed by atoms with Crippen molar-refractivity contribution in [2.45, 2.75) is 32.4 Å². The number of hydrogen-bond acceptors (Lipinski definition) is 5. The van der Waals surface area contributed by atoms with Gasteiger partial charge in [0.15, 0.2) is 0 Å². The van der Waals surface area contributed by atoms with Gasteiger partial charge in [0.25, 0.3) is 0 Å². The van der Waals surface area contributed by atoms with Crippen LogP contribution in [0.3, 0.4) is 0 Å². The first-order valence-corrected chi connectivity index (χ1v) is 10.9. The molecule has 0 aliphatic carbocycles. The molecular weight excluding hydrogens is 420 g/mol. The first-order chi connectivity index (χ1) is 16.0. The van der Waals surface area contributed by atoms with Crippen molar-refractivity contribution in [2.24, 2.45) is 0 Å². The van der Waals surface area contributed by atoms with Crippen LogP contribution in [0.4, 0.5) is 15.3 Å². The Kier molecular flexibility index (Phi) is 8.70. The summed E-state index contributed by atoms with van der Waals surface area (Å²) in [5, 5.41) is 9.88. The Morgan fingerprint density at radius 1 is 1.00 bits per heavy atom. The second-order valence-corrected chi connectivity index (χ2v) is 7.61. The van der Waals surface area contributed by atoms with Gasteiger partial charge >= 0.3 is 12.1 Å². The molecule has 1 aromatic heterocycles. The smallest absolute Gasteiger partial charge is 0.333 e. The van der Waals surface area contributed by atoms with E-state index in [2.05, 4.69) is 38.7 Å². The lowest BCUT2D eigenvalue weighted by Gasteiger charge is -2.17. The standard InChI is InChI=1S/C24H30N6O3/c1-17(28-21-15-20(33-2)14-19-11-7-12-25-22(19)21)8-6-13-26-23(31)29-30-24(32)27-16-18-9-4-3-5-10-18/h3-5,7,9-12,14-15,17,28H,6,8,13,16H2,1-2H3,(H2,26,29,31)(H2,27,30,32). The van der Waals surface area contributed by atoms with E-state index in [9.17, 15) is 9.59 Å². The van der Waals surface area contributed by atoms with Crippen molar-refractivity contribution in [1.29, 1.82) is 0 Å². The van der Waals surface area contributed by atoms with Crippen LogP contribution < -0.4 is 31.5 Å². The number of hydrogen-bond donors (Lipinski definition) is 5. The number of carbonyl (C=O) groups is 2. The van der Waals surface area contributed by atoms with Crippen LogP contribution in [0, 0.1) is 0 Å². The Bertz CT molecular complexity index is 1060. The molecular formula is C24H30N6O3. The average molecular weight is 451 g/mol. The Hall–Kier alpha value is -4.01. The quantitative estimate of drug-likeness (QED) is 0.253. The lowest BCUT2D eigenvalue weighted by atomic mass is 10.1. The summed E-state index contributed by atoms with van der Waals surface area (Å²) in [7, 11) is 1.64. The van der Waals surface area contributed by atoms with Gasteiger partial charge in [-0.2, -0.15) is 0 Å². The minimum Gasteiger partial charge on any atom is -0.497 e. The number of carbonyl (C=O) groups excluding carboxylic acids is 2.